The Balaban J connectivity index is 0.870. The van der Waals surface area contributed by atoms with Crippen LogP contribution in [0.4, 0.5) is 4.79 Å². The van der Waals surface area contributed by atoms with Gasteiger partial charge in [0, 0.05) is 31.8 Å². The van der Waals surface area contributed by atoms with Gasteiger partial charge in [0.25, 0.3) is 5.56 Å². The topological polar surface area (TPSA) is 228 Å². The van der Waals surface area contributed by atoms with Gasteiger partial charge in [-0.15, -0.1) is 5.10 Å². The number of hydrogen-bond donors (Lipinski definition) is 4. The average Bonchev–Trinajstić information content (AvgIpc) is 3.39. The molecule has 3 heterocycles. The van der Waals surface area contributed by atoms with Crippen molar-refractivity contribution in [2.24, 2.45) is 24.8 Å². The fourth-order valence-corrected chi connectivity index (χ4v) is 7.12. The molecule has 1 saturated heterocycles. The van der Waals surface area contributed by atoms with Gasteiger partial charge in [0.05, 0.1) is 56.9 Å². The van der Waals surface area contributed by atoms with E-state index in [1.807, 2.05) is 11.7 Å². The summed E-state index contributed by atoms with van der Waals surface area (Å²) in [4.78, 5) is 47.9. The minimum Gasteiger partial charge on any atom is -0.495 e. The number of aryl methyl sites for hydroxylation is 3. The predicted octanol–water partition coefficient (Wildman–Crippen LogP) is 2.10. The number of alkyl carbamates (subject to hydrolysis) is 1. The molecule has 2 aliphatic carbocycles. The molecule has 0 radical (unpaired) electrons. The molecule has 18 nitrogen and oxygen atoms in total. The number of nitrogens with zero attached hydrogens (tertiary/aromatic N) is 4. The molecule has 1 amide bonds. The lowest BCUT2D eigenvalue weighted by molar-refractivity contribution is -0.0481. The average molecular weight is 763 g/mol. The molecule has 7 atom stereocenters. The number of H-pyrrole nitrogens is 1. The molecule has 2 aromatic heterocycles. The van der Waals surface area contributed by atoms with Crippen LogP contribution in [-0.4, -0.2) is 92.4 Å². The van der Waals surface area contributed by atoms with E-state index in [-0.39, 0.29) is 39.4 Å². The minimum absolute atomic E-state index is 0.0122. The Hall–Kier alpha value is -4.32. The summed E-state index contributed by atoms with van der Waals surface area (Å²) in [5.41, 5.74) is 1.56. The van der Waals surface area contributed by atoms with Gasteiger partial charge in [-0.3, -0.25) is 28.4 Å². The van der Waals surface area contributed by atoms with Gasteiger partial charge < -0.3 is 33.9 Å². The van der Waals surface area contributed by atoms with E-state index >= 15 is 0 Å². The fraction of sp³-hybridized carbons (Fsp3) is 0.559. The number of phosphoric acid groups is 1. The third-order valence-corrected chi connectivity index (χ3v) is 10.2. The van der Waals surface area contributed by atoms with Crippen LogP contribution < -0.4 is 16.6 Å². The largest absolute Gasteiger partial charge is 0.526 e. The summed E-state index contributed by atoms with van der Waals surface area (Å²) in [5.74, 6) is 1.48. The molecule has 2 aromatic rings. The molecule has 5 rings (SSSR count). The normalized spacial score (nSPS) is 25.3. The number of fused-ring (bicyclic) bond motifs is 2. The van der Waals surface area contributed by atoms with E-state index in [9.17, 15) is 28.9 Å². The Morgan fingerprint density at radius 2 is 1.83 bits per heavy atom. The van der Waals surface area contributed by atoms with Gasteiger partial charge in [-0.1, -0.05) is 29.5 Å². The molecule has 4 N–H and O–H groups in total. The SMILES string of the molecule is Cc1cn([C@H]2C[C@@H](O/C=C/C=C/C=C/C=C/OP(=O)(O)OCCOCCNC(=O)OCC3[C@H]4CCc5nnn(C)c5CC[C@@H]34)[C@@H](CO)O2)c(=O)[nH]c1=O. The first-order valence-corrected chi connectivity index (χ1v) is 19.0. The number of aromatic amines is 1. The van der Waals surface area contributed by atoms with E-state index in [0.717, 1.165) is 37.6 Å². The van der Waals surface area contributed by atoms with Crippen LogP contribution in [0.25, 0.3) is 0 Å². The number of aliphatic hydroxyl groups is 1. The maximum Gasteiger partial charge on any atom is 0.526 e. The number of phosphoric ester groups is 1. The number of ether oxygens (including phenoxy) is 4. The van der Waals surface area contributed by atoms with Crippen molar-refractivity contribution in [1.29, 1.82) is 0 Å². The first-order valence-electron chi connectivity index (χ1n) is 17.5. The molecule has 1 aliphatic heterocycles. The van der Waals surface area contributed by atoms with E-state index < -0.39 is 43.6 Å². The Bertz CT molecular complexity index is 1820. The van der Waals surface area contributed by atoms with Crippen molar-refractivity contribution in [3.8, 4) is 0 Å². The number of hydrogen-bond acceptors (Lipinski definition) is 13. The Morgan fingerprint density at radius 1 is 1.09 bits per heavy atom. The van der Waals surface area contributed by atoms with Gasteiger partial charge >= 0.3 is 19.6 Å². The van der Waals surface area contributed by atoms with Crippen molar-refractivity contribution in [2.75, 3.05) is 39.6 Å². The number of rotatable bonds is 18. The fourth-order valence-electron chi connectivity index (χ4n) is 6.53. The smallest absolute Gasteiger partial charge is 0.495 e. The molecule has 0 spiro atoms. The third kappa shape index (κ3) is 11.6. The summed E-state index contributed by atoms with van der Waals surface area (Å²) >= 11 is 0. The van der Waals surface area contributed by atoms with Gasteiger partial charge in [-0.05, 0) is 62.5 Å². The lowest BCUT2D eigenvalue weighted by Gasteiger charge is -2.15. The second-order valence-corrected chi connectivity index (χ2v) is 14.3. The summed E-state index contributed by atoms with van der Waals surface area (Å²) < 4.78 is 47.0. The Labute approximate surface area is 305 Å². The molecule has 3 aliphatic rings. The zero-order valence-electron chi connectivity index (χ0n) is 29.7. The number of carbonyl (C=O) groups excluding carboxylic acids is 1. The van der Waals surface area contributed by atoms with Gasteiger partial charge in [0.15, 0.2) is 0 Å². The first kappa shape index (κ1) is 39.9. The highest BCUT2D eigenvalue weighted by molar-refractivity contribution is 7.47. The summed E-state index contributed by atoms with van der Waals surface area (Å²) in [7, 11) is -2.41. The number of carbonyl (C=O) groups is 1. The van der Waals surface area contributed by atoms with E-state index in [0.29, 0.717) is 29.9 Å². The molecule has 19 heteroatoms. The number of aliphatic hydroxyl groups excluding tert-OH is 1. The first-order chi connectivity index (χ1) is 25.6. The lowest BCUT2D eigenvalue weighted by Crippen LogP contribution is -2.33. The van der Waals surface area contributed by atoms with Crippen LogP contribution in [0, 0.1) is 24.7 Å². The lowest BCUT2D eigenvalue weighted by atomic mass is 10.0. The van der Waals surface area contributed by atoms with Gasteiger partial charge in [0.2, 0.25) is 0 Å². The maximum absolute atomic E-state index is 12.2. The zero-order chi connectivity index (χ0) is 37.8. The van der Waals surface area contributed by atoms with Gasteiger partial charge in [-0.25, -0.2) is 14.2 Å². The Morgan fingerprint density at radius 3 is 2.60 bits per heavy atom. The van der Waals surface area contributed by atoms with Gasteiger partial charge in [0.1, 0.15) is 18.4 Å². The zero-order valence-corrected chi connectivity index (χ0v) is 30.5. The van der Waals surface area contributed by atoms with Crippen molar-refractivity contribution >= 4 is 13.9 Å². The summed E-state index contributed by atoms with van der Waals surface area (Å²) in [6.07, 6.45) is 15.2. The van der Waals surface area contributed by atoms with E-state index in [1.54, 1.807) is 37.3 Å². The van der Waals surface area contributed by atoms with Crippen molar-refractivity contribution in [1.82, 2.24) is 29.9 Å². The third-order valence-electron chi connectivity index (χ3n) is 9.34. The maximum atomic E-state index is 12.2. The van der Waals surface area contributed by atoms with Crippen molar-refractivity contribution in [2.45, 2.75) is 57.5 Å². The van der Waals surface area contributed by atoms with Crippen LogP contribution in [-0.2, 0) is 52.4 Å². The standard InChI is InChI=1S/C34H47N6O12P/c1-23-20-40(33(43)36-32(23)42)31-19-29(30(21-41)52-31)48-14-7-5-3-4-6-8-15-50-53(45,46)51-18-17-47-16-13-35-34(44)49-22-26-24-9-11-27-28(12-10-25(24)26)39(2)38-37-27/h3-8,14-15,20,24-26,29-31,41H,9-13,16-19,21-22H2,1-2H3,(H,35,44)(H,45,46)(H,36,42,43)/b5-3+,6-4+,14-7+,15-8+/t24-,25+,26?,29+,30+,31+/m0/s1. The molecule has 0 bridgehead atoms. The van der Waals surface area contributed by atoms with Crippen LogP contribution in [0.3, 0.4) is 0 Å². The highest BCUT2D eigenvalue weighted by atomic mass is 31.2. The molecular formula is C34H47N6O12P. The molecule has 53 heavy (non-hydrogen) atoms. The van der Waals surface area contributed by atoms with Crippen molar-refractivity contribution < 1.29 is 47.4 Å². The second kappa shape index (κ2) is 19.1. The van der Waals surface area contributed by atoms with E-state index in [2.05, 4.69) is 20.6 Å². The number of nitrogens with one attached hydrogen (secondary N) is 2. The van der Waals surface area contributed by atoms with E-state index in [4.69, 9.17) is 28.0 Å². The number of allylic oxidation sites excluding steroid dienone is 6. The van der Waals surface area contributed by atoms with Crippen molar-refractivity contribution in [3.05, 3.63) is 93.0 Å². The molecule has 2 unspecified atom stereocenters. The molecule has 290 valence electrons. The molecule has 2 fully saturated rings. The van der Waals surface area contributed by atoms with Crippen LogP contribution in [0.5, 0.6) is 0 Å². The van der Waals surface area contributed by atoms with Gasteiger partial charge in [-0.2, -0.15) is 0 Å². The second-order valence-electron chi connectivity index (χ2n) is 12.8. The summed E-state index contributed by atoms with van der Waals surface area (Å²) in [6.45, 7) is 1.85. The Kier molecular flexibility index (Phi) is 14.4. The number of amides is 1. The molecule has 0 aromatic carbocycles. The predicted molar refractivity (Wildman–Crippen MR) is 188 cm³/mol. The van der Waals surface area contributed by atoms with E-state index in [1.165, 1.54) is 28.8 Å². The monoisotopic (exact) mass is 762 g/mol. The van der Waals surface area contributed by atoms with Crippen LogP contribution in [0.1, 0.15) is 42.4 Å². The highest BCUT2D eigenvalue weighted by Gasteiger charge is 2.50. The van der Waals surface area contributed by atoms with Crippen molar-refractivity contribution in [3.63, 3.8) is 0 Å². The quantitative estimate of drug-likeness (QED) is 0.0739. The summed E-state index contributed by atoms with van der Waals surface area (Å²) in [6, 6.07) is 0. The summed E-state index contributed by atoms with van der Waals surface area (Å²) in [5, 5.41) is 20.7. The number of aromatic nitrogens is 5. The molecule has 1 saturated carbocycles. The molecular weight excluding hydrogens is 715 g/mol. The minimum atomic E-state index is -4.34. The van der Waals surface area contributed by atoms with Crippen LogP contribution in [0.2, 0.25) is 0 Å². The van der Waals surface area contributed by atoms with Crippen LogP contribution in [0.15, 0.2) is 64.8 Å². The highest BCUT2D eigenvalue weighted by Crippen LogP contribution is 2.52. The van der Waals surface area contributed by atoms with Crippen LogP contribution >= 0.6 is 7.82 Å².